The van der Waals surface area contributed by atoms with Gasteiger partial charge in [-0.1, -0.05) is 23.7 Å². The van der Waals surface area contributed by atoms with Crippen molar-refractivity contribution in [2.24, 2.45) is 0 Å². The van der Waals surface area contributed by atoms with E-state index in [1.54, 1.807) is 26.2 Å². The number of amides is 1. The molecule has 46 heavy (non-hydrogen) atoms. The standard InChI is InChI=1S/C31H33ClN10O4/c1-4-39(17-19-6-8-22(46-3)9-7-19)29-28-35-16-21(15-34)42(28)38-30(37-29)36-23-12-20(14-33)13-25(27(23)32)40-11-10-24(26(43)18-40)41(5-2)31(44)45/h6-9,12-13,16,24,26,43H,4-5,10-11,17-18H2,1-3H3,(H,36,38)(H,44,45)/t24-,26-/m1/s1. The molecule has 0 unspecified atom stereocenters. The lowest BCUT2D eigenvalue weighted by Crippen LogP contribution is -2.55. The highest BCUT2D eigenvalue weighted by molar-refractivity contribution is 6.36. The number of carbonyl (C=O) groups is 1. The smallest absolute Gasteiger partial charge is 0.407 e. The van der Waals surface area contributed by atoms with E-state index < -0.39 is 18.2 Å². The number of halogens is 1. The Morgan fingerprint density at radius 2 is 1.96 bits per heavy atom. The molecule has 2 aromatic carbocycles. The maximum absolute atomic E-state index is 11.7. The average Bonchev–Trinajstić information content (AvgIpc) is 3.48. The van der Waals surface area contributed by atoms with E-state index in [0.29, 0.717) is 54.5 Å². The summed E-state index contributed by atoms with van der Waals surface area (Å²) in [5, 5.41) is 48.0. The number of imidazole rings is 1. The van der Waals surface area contributed by atoms with Crippen LogP contribution in [-0.2, 0) is 6.54 Å². The molecule has 1 aliphatic rings. The van der Waals surface area contributed by atoms with Crippen LogP contribution >= 0.6 is 11.6 Å². The lowest BCUT2D eigenvalue weighted by atomic mass is 9.99. The van der Waals surface area contributed by atoms with E-state index >= 15 is 0 Å². The summed E-state index contributed by atoms with van der Waals surface area (Å²) in [5.74, 6) is 1.34. The summed E-state index contributed by atoms with van der Waals surface area (Å²) in [4.78, 5) is 25.9. The minimum atomic E-state index is -1.09. The number of nitrogens with zero attached hydrogens (tertiary/aromatic N) is 9. The number of methoxy groups -OCH3 is 1. The largest absolute Gasteiger partial charge is 0.497 e. The van der Waals surface area contributed by atoms with Gasteiger partial charge in [0.2, 0.25) is 5.95 Å². The van der Waals surface area contributed by atoms with Crippen molar-refractivity contribution in [1.29, 1.82) is 10.5 Å². The number of hydrogen-bond donors (Lipinski definition) is 3. The Bertz CT molecular complexity index is 1820. The van der Waals surface area contributed by atoms with Gasteiger partial charge in [-0.2, -0.15) is 20.0 Å². The number of aliphatic hydroxyl groups excluding tert-OH is 1. The number of aromatic nitrogens is 4. The molecule has 1 aliphatic heterocycles. The van der Waals surface area contributed by atoms with Crippen molar-refractivity contribution in [3.63, 3.8) is 0 Å². The minimum Gasteiger partial charge on any atom is -0.497 e. The van der Waals surface area contributed by atoms with E-state index in [1.807, 2.05) is 41.0 Å². The number of likely N-dealkylation sites (N-methyl/N-ethyl adjacent to an activating group) is 1. The number of nitrogens with one attached hydrogen (secondary N) is 1. The molecule has 0 aliphatic carbocycles. The van der Waals surface area contributed by atoms with E-state index in [2.05, 4.69) is 27.5 Å². The van der Waals surface area contributed by atoms with Gasteiger partial charge in [-0.3, -0.25) is 0 Å². The quantitative estimate of drug-likeness (QED) is 0.224. The maximum atomic E-state index is 11.7. The molecule has 5 rings (SSSR count). The van der Waals surface area contributed by atoms with E-state index in [4.69, 9.17) is 21.3 Å². The number of aliphatic hydroxyl groups is 1. The third kappa shape index (κ3) is 6.40. The highest BCUT2D eigenvalue weighted by Gasteiger charge is 2.35. The molecule has 3 heterocycles. The zero-order valence-corrected chi connectivity index (χ0v) is 26.3. The van der Waals surface area contributed by atoms with E-state index in [-0.39, 0.29) is 29.8 Å². The van der Waals surface area contributed by atoms with Crippen LogP contribution in [0.25, 0.3) is 5.65 Å². The lowest BCUT2D eigenvalue weighted by molar-refractivity contribution is 0.0404. The molecule has 2 aromatic heterocycles. The van der Waals surface area contributed by atoms with Crippen LogP contribution in [0.4, 0.5) is 27.9 Å². The molecule has 3 N–H and O–H groups in total. The zero-order valence-electron chi connectivity index (χ0n) is 25.6. The summed E-state index contributed by atoms with van der Waals surface area (Å²) in [6.45, 7) is 5.55. The van der Waals surface area contributed by atoms with E-state index in [0.717, 1.165) is 11.3 Å². The van der Waals surface area contributed by atoms with Crippen molar-refractivity contribution in [3.8, 4) is 17.9 Å². The number of benzene rings is 2. The molecule has 0 saturated carbocycles. The number of fused-ring (bicyclic) bond motifs is 1. The first kappa shape index (κ1) is 32.1. The third-order valence-corrected chi connectivity index (χ3v) is 8.37. The number of hydrogen-bond acceptors (Lipinski definition) is 11. The molecular weight excluding hydrogens is 612 g/mol. The first-order chi connectivity index (χ1) is 22.2. The molecule has 15 heteroatoms. The fourth-order valence-corrected chi connectivity index (χ4v) is 5.90. The van der Waals surface area contributed by atoms with Crippen molar-refractivity contribution in [2.75, 3.05) is 48.4 Å². The number of carboxylic acid groups (broad SMARTS) is 1. The van der Waals surface area contributed by atoms with Crippen LogP contribution in [0.1, 0.15) is 37.1 Å². The van der Waals surface area contributed by atoms with Crippen molar-refractivity contribution in [1.82, 2.24) is 24.5 Å². The summed E-state index contributed by atoms with van der Waals surface area (Å²) in [6, 6.07) is 14.6. The zero-order chi connectivity index (χ0) is 33.0. The summed E-state index contributed by atoms with van der Waals surface area (Å²) >= 11 is 6.92. The second-order valence-corrected chi connectivity index (χ2v) is 11.0. The predicted molar refractivity (Wildman–Crippen MR) is 172 cm³/mol. The van der Waals surface area contributed by atoms with Gasteiger partial charge in [-0.05, 0) is 50.1 Å². The first-order valence-corrected chi connectivity index (χ1v) is 15.1. The predicted octanol–water partition coefficient (Wildman–Crippen LogP) is 4.24. The van der Waals surface area contributed by atoms with Crippen LogP contribution in [0, 0.1) is 22.7 Å². The molecule has 238 valence electrons. The molecule has 1 fully saturated rings. The van der Waals surface area contributed by atoms with Crippen LogP contribution in [-0.4, -0.2) is 86.2 Å². The Kier molecular flexibility index (Phi) is 9.61. The number of piperidine rings is 1. The van der Waals surface area contributed by atoms with E-state index in [1.165, 1.54) is 15.6 Å². The lowest BCUT2D eigenvalue weighted by Gasteiger charge is -2.41. The van der Waals surface area contributed by atoms with Crippen LogP contribution in [0.15, 0.2) is 42.6 Å². The van der Waals surface area contributed by atoms with Crippen molar-refractivity contribution >= 4 is 46.5 Å². The molecule has 0 spiro atoms. The summed E-state index contributed by atoms with van der Waals surface area (Å²) < 4.78 is 6.69. The number of nitriles is 2. The third-order valence-electron chi connectivity index (χ3n) is 7.98. The SMILES string of the molecule is CCN(Cc1ccc(OC)cc1)c1nc(Nc2cc(C#N)cc(N3CC[C@@H](N(CC)C(=O)O)[C@H](O)C3)c2Cl)nn2c(C#N)cnc12. The van der Waals surface area contributed by atoms with Crippen molar-refractivity contribution in [2.45, 2.75) is 39.0 Å². The second-order valence-electron chi connectivity index (χ2n) is 10.6. The van der Waals surface area contributed by atoms with Crippen molar-refractivity contribution in [3.05, 3.63) is 64.4 Å². The van der Waals surface area contributed by atoms with E-state index in [9.17, 15) is 25.5 Å². The summed E-state index contributed by atoms with van der Waals surface area (Å²) in [5.41, 5.74) is 2.75. The molecule has 0 radical (unpaired) electrons. The van der Waals surface area contributed by atoms with Crippen molar-refractivity contribution < 1.29 is 19.7 Å². The Hall–Kier alpha value is -5.31. The normalized spacial score (nSPS) is 16.0. The number of β-amino-alcohol motifs (C(OH)–C–C–N with tert-alkyl or cyclic N) is 1. The van der Waals surface area contributed by atoms with Gasteiger partial charge in [0.1, 0.15) is 11.8 Å². The van der Waals surface area contributed by atoms with Gasteiger partial charge in [0, 0.05) is 32.7 Å². The summed E-state index contributed by atoms with van der Waals surface area (Å²) in [7, 11) is 1.61. The van der Waals surface area contributed by atoms with Crippen LogP contribution in [0.2, 0.25) is 5.02 Å². The highest BCUT2D eigenvalue weighted by atomic mass is 35.5. The van der Waals surface area contributed by atoms with Crippen LogP contribution < -0.4 is 19.9 Å². The summed E-state index contributed by atoms with van der Waals surface area (Å²) in [6.07, 6.45) is -0.249. The molecule has 14 nitrogen and oxygen atoms in total. The Morgan fingerprint density at radius 1 is 1.20 bits per heavy atom. The van der Waals surface area contributed by atoms with Gasteiger partial charge in [-0.25, -0.2) is 9.78 Å². The minimum absolute atomic E-state index is 0.118. The van der Waals surface area contributed by atoms with Gasteiger partial charge in [0.25, 0.3) is 0 Å². The van der Waals surface area contributed by atoms with Crippen LogP contribution in [0.3, 0.4) is 0 Å². The second kappa shape index (κ2) is 13.8. The molecule has 4 aromatic rings. The number of ether oxygens (including phenoxy) is 1. The van der Waals surface area contributed by atoms with Crippen LogP contribution in [0.5, 0.6) is 5.75 Å². The monoisotopic (exact) mass is 644 g/mol. The highest BCUT2D eigenvalue weighted by Crippen LogP contribution is 2.38. The fourth-order valence-electron chi connectivity index (χ4n) is 5.62. The van der Waals surface area contributed by atoms with Gasteiger partial charge in [0.05, 0.1) is 53.5 Å². The van der Waals surface area contributed by atoms with Gasteiger partial charge in [-0.15, -0.1) is 5.10 Å². The van der Waals surface area contributed by atoms with Gasteiger partial charge in [0.15, 0.2) is 17.2 Å². The van der Waals surface area contributed by atoms with Gasteiger partial charge < -0.3 is 35.0 Å². The molecule has 1 saturated heterocycles. The Morgan fingerprint density at radius 3 is 2.57 bits per heavy atom. The Labute approximate surface area is 270 Å². The topological polar surface area (TPSA) is 179 Å². The molecule has 0 bridgehead atoms. The fraction of sp³-hybridized carbons (Fsp3) is 0.355. The average molecular weight is 645 g/mol. The molecule has 1 amide bonds. The molecule has 2 atom stereocenters. The molecular formula is C31H33ClN10O4. The number of anilines is 4. The number of rotatable bonds is 10. The maximum Gasteiger partial charge on any atom is 0.407 e. The first-order valence-electron chi connectivity index (χ1n) is 14.7. The van der Waals surface area contributed by atoms with Gasteiger partial charge >= 0.3 is 6.09 Å². The Balaban J connectivity index is 1.49.